The molecule has 6 heteroatoms. The molecule has 0 aromatic carbocycles. The van der Waals surface area contributed by atoms with Crippen LogP contribution >= 0.6 is 0 Å². The molecular weight excluding hydrogens is 224 g/mol. The van der Waals surface area contributed by atoms with Crippen molar-refractivity contribution >= 4 is 11.9 Å². The van der Waals surface area contributed by atoms with Gasteiger partial charge in [0.05, 0.1) is 19.4 Å². The van der Waals surface area contributed by atoms with Crippen molar-refractivity contribution in [3.8, 4) is 0 Å². The predicted molar refractivity (Wildman–Crippen MR) is 59.8 cm³/mol. The molecule has 0 fully saturated rings. The number of amides is 1. The van der Waals surface area contributed by atoms with E-state index in [0.29, 0.717) is 5.76 Å². The fourth-order valence-electron chi connectivity index (χ4n) is 1.28. The van der Waals surface area contributed by atoms with Crippen LogP contribution in [0.4, 0.5) is 0 Å². The van der Waals surface area contributed by atoms with Gasteiger partial charge in [-0.3, -0.25) is 4.79 Å². The Labute approximate surface area is 99.3 Å². The second-order valence-electron chi connectivity index (χ2n) is 3.50. The predicted octanol–water partition coefficient (Wildman–Crippen LogP) is 0.128. The lowest BCUT2D eigenvalue weighted by Crippen LogP contribution is -2.47. The van der Waals surface area contributed by atoms with Crippen molar-refractivity contribution in [3.63, 3.8) is 0 Å². The van der Waals surface area contributed by atoms with E-state index >= 15 is 0 Å². The number of hydrogen-bond donors (Lipinski definition) is 1. The Bertz CT molecular complexity index is 375. The van der Waals surface area contributed by atoms with Gasteiger partial charge < -0.3 is 19.8 Å². The van der Waals surface area contributed by atoms with Crippen molar-refractivity contribution in [1.29, 1.82) is 0 Å². The maximum absolute atomic E-state index is 11.7. The molecule has 0 aliphatic rings. The van der Waals surface area contributed by atoms with Crippen molar-refractivity contribution in [1.82, 2.24) is 4.90 Å². The van der Waals surface area contributed by atoms with Gasteiger partial charge in [-0.15, -0.1) is 0 Å². The van der Waals surface area contributed by atoms with E-state index in [1.807, 2.05) is 0 Å². The van der Waals surface area contributed by atoms with Gasteiger partial charge >= 0.3 is 5.97 Å². The van der Waals surface area contributed by atoms with Crippen molar-refractivity contribution in [3.05, 3.63) is 24.2 Å². The Balaban J connectivity index is 2.54. The van der Waals surface area contributed by atoms with Gasteiger partial charge in [0.25, 0.3) is 5.91 Å². The molecule has 1 atom stereocenters. The minimum Gasteiger partial charge on any atom is -0.467 e. The molecule has 0 aliphatic heterocycles. The van der Waals surface area contributed by atoms with Gasteiger partial charge in [0.2, 0.25) is 0 Å². The number of likely N-dealkylation sites (N-methyl/N-ethyl adjacent to an activating group) is 1. The first-order valence-corrected chi connectivity index (χ1v) is 5.25. The first-order chi connectivity index (χ1) is 8.06. The molecule has 1 aromatic rings. The van der Waals surface area contributed by atoms with Crippen molar-refractivity contribution in [2.45, 2.75) is 19.5 Å². The van der Waals surface area contributed by atoms with Gasteiger partial charge in [-0.2, -0.15) is 0 Å². The van der Waals surface area contributed by atoms with Crippen molar-refractivity contribution in [2.24, 2.45) is 5.73 Å². The summed E-state index contributed by atoms with van der Waals surface area (Å²) in [5.74, 6) is -0.597. The van der Waals surface area contributed by atoms with Crippen LogP contribution in [0.15, 0.2) is 22.8 Å². The molecule has 6 nitrogen and oxygen atoms in total. The highest BCUT2D eigenvalue weighted by Gasteiger charge is 2.26. The van der Waals surface area contributed by atoms with Gasteiger partial charge in [0, 0.05) is 7.05 Å². The number of nitrogens with two attached hydrogens (primary N) is 1. The lowest BCUT2D eigenvalue weighted by atomic mass is 10.2. The minimum atomic E-state index is -1.28. The molecule has 0 aliphatic carbocycles. The molecule has 0 saturated carbocycles. The van der Waals surface area contributed by atoms with E-state index in [2.05, 4.69) is 4.74 Å². The highest BCUT2D eigenvalue weighted by Crippen LogP contribution is 2.05. The Kier molecular flexibility index (Phi) is 4.71. The minimum absolute atomic E-state index is 0.196. The number of carbonyl (C=O) groups excluding carboxylic acids is 2. The Morgan fingerprint density at radius 2 is 2.29 bits per heavy atom. The van der Waals surface area contributed by atoms with E-state index in [4.69, 9.17) is 10.2 Å². The van der Waals surface area contributed by atoms with Crippen LogP contribution in [-0.2, 0) is 20.9 Å². The first kappa shape index (κ1) is 13.2. The Morgan fingerprint density at radius 3 is 2.82 bits per heavy atom. The maximum atomic E-state index is 11.7. The quantitative estimate of drug-likeness (QED) is 0.584. The molecule has 1 amide bonds. The molecular formula is C11H16N2O4. The molecule has 17 heavy (non-hydrogen) atoms. The van der Waals surface area contributed by atoms with Crippen LogP contribution in [0.3, 0.4) is 0 Å². The average Bonchev–Trinajstić information content (AvgIpc) is 2.80. The normalized spacial score (nSPS) is 11.9. The lowest BCUT2D eigenvalue weighted by molar-refractivity contribution is -0.150. The number of rotatable bonds is 5. The second kappa shape index (κ2) is 6.05. The monoisotopic (exact) mass is 240 g/mol. The molecule has 1 heterocycles. The Morgan fingerprint density at radius 1 is 1.59 bits per heavy atom. The number of furan rings is 1. The van der Waals surface area contributed by atoms with Gasteiger partial charge in [-0.05, 0) is 19.1 Å². The van der Waals surface area contributed by atoms with Crippen LogP contribution in [0.25, 0.3) is 0 Å². The summed E-state index contributed by atoms with van der Waals surface area (Å²) in [6.07, 6.45) is 1.51. The van der Waals surface area contributed by atoms with E-state index < -0.39 is 17.9 Å². The number of carbonyl (C=O) groups is 2. The lowest BCUT2D eigenvalue weighted by Gasteiger charge is -2.19. The molecule has 94 valence electrons. The summed E-state index contributed by atoms with van der Waals surface area (Å²) in [4.78, 5) is 24.3. The van der Waals surface area contributed by atoms with Crippen LogP contribution < -0.4 is 5.73 Å². The van der Waals surface area contributed by atoms with E-state index in [0.717, 1.165) is 0 Å². The number of ether oxygens (including phenoxy) is 1. The maximum Gasteiger partial charge on any atom is 0.332 e. The molecule has 1 rings (SSSR count). The molecule has 0 saturated heterocycles. The SMILES string of the molecule is CCOC(=O)C(N)C(=O)N(C)Cc1ccco1. The zero-order valence-electron chi connectivity index (χ0n) is 9.88. The molecule has 1 aromatic heterocycles. The van der Waals surface area contributed by atoms with Gasteiger partial charge in [0.15, 0.2) is 6.04 Å². The standard InChI is InChI=1S/C11H16N2O4/c1-3-16-11(15)9(12)10(14)13(2)7-8-5-4-6-17-8/h4-6,9H,3,7,12H2,1-2H3. The fourth-order valence-corrected chi connectivity index (χ4v) is 1.28. The van der Waals surface area contributed by atoms with Crippen molar-refractivity contribution in [2.75, 3.05) is 13.7 Å². The van der Waals surface area contributed by atoms with Crippen LogP contribution in [0, 0.1) is 0 Å². The molecule has 0 bridgehead atoms. The summed E-state index contributed by atoms with van der Waals surface area (Å²) in [6.45, 7) is 2.11. The summed E-state index contributed by atoms with van der Waals surface area (Å²) in [5, 5.41) is 0. The summed E-state index contributed by atoms with van der Waals surface area (Å²) in [6, 6.07) is 2.17. The summed E-state index contributed by atoms with van der Waals surface area (Å²) < 4.78 is 9.77. The van der Waals surface area contributed by atoms with E-state index in [9.17, 15) is 9.59 Å². The first-order valence-electron chi connectivity index (χ1n) is 5.25. The van der Waals surface area contributed by atoms with Crippen LogP contribution in [-0.4, -0.2) is 36.5 Å². The van der Waals surface area contributed by atoms with Gasteiger partial charge in [0.1, 0.15) is 5.76 Å². The largest absolute Gasteiger partial charge is 0.467 e. The van der Waals surface area contributed by atoms with Gasteiger partial charge in [-0.1, -0.05) is 0 Å². The number of hydrogen-bond acceptors (Lipinski definition) is 5. The average molecular weight is 240 g/mol. The zero-order valence-corrected chi connectivity index (χ0v) is 9.88. The smallest absolute Gasteiger partial charge is 0.332 e. The third-order valence-corrected chi connectivity index (χ3v) is 2.16. The van der Waals surface area contributed by atoms with Gasteiger partial charge in [-0.25, -0.2) is 4.79 Å². The second-order valence-corrected chi connectivity index (χ2v) is 3.50. The van der Waals surface area contributed by atoms with Crippen LogP contribution in [0.2, 0.25) is 0 Å². The van der Waals surface area contributed by atoms with E-state index in [1.54, 1.807) is 26.1 Å². The summed E-state index contributed by atoms with van der Waals surface area (Å²) >= 11 is 0. The summed E-state index contributed by atoms with van der Waals surface area (Å²) in [7, 11) is 1.55. The Hall–Kier alpha value is -1.82. The van der Waals surface area contributed by atoms with E-state index in [1.165, 1.54) is 11.2 Å². The molecule has 0 spiro atoms. The van der Waals surface area contributed by atoms with Crippen LogP contribution in [0.1, 0.15) is 12.7 Å². The summed E-state index contributed by atoms with van der Waals surface area (Å²) in [5.41, 5.74) is 5.48. The topological polar surface area (TPSA) is 85.8 Å². The zero-order chi connectivity index (χ0) is 12.8. The van der Waals surface area contributed by atoms with Crippen LogP contribution in [0.5, 0.6) is 0 Å². The number of nitrogens with zero attached hydrogens (tertiary/aromatic N) is 1. The molecule has 2 N–H and O–H groups in total. The highest BCUT2D eigenvalue weighted by atomic mass is 16.5. The third-order valence-electron chi connectivity index (χ3n) is 2.16. The van der Waals surface area contributed by atoms with E-state index in [-0.39, 0.29) is 13.2 Å². The number of esters is 1. The molecule has 0 radical (unpaired) electrons. The highest BCUT2D eigenvalue weighted by molar-refractivity contribution is 6.01. The third kappa shape index (κ3) is 3.60. The molecule has 1 unspecified atom stereocenters. The fraction of sp³-hybridized carbons (Fsp3) is 0.455. The van der Waals surface area contributed by atoms with Crippen molar-refractivity contribution < 1.29 is 18.7 Å².